The molecule has 2 aromatic heterocycles. The van der Waals surface area contributed by atoms with Gasteiger partial charge in [-0.2, -0.15) is 13.2 Å². The molecule has 0 saturated heterocycles. The van der Waals surface area contributed by atoms with Gasteiger partial charge in [0.25, 0.3) is 0 Å². The number of nitrogens with zero attached hydrogens (tertiary/aromatic N) is 2. The molecule has 0 radical (unpaired) electrons. The highest BCUT2D eigenvalue weighted by atomic mass is 32.2. The van der Waals surface area contributed by atoms with Gasteiger partial charge in [0.05, 0.1) is 5.03 Å². The smallest absolute Gasteiger partial charge is 0.347 e. The van der Waals surface area contributed by atoms with Crippen LogP contribution in [0.25, 0.3) is 5.65 Å². The number of alkyl halides is 3. The highest BCUT2D eigenvalue weighted by molar-refractivity contribution is 7.99. The zero-order valence-corrected chi connectivity index (χ0v) is 10.5. The van der Waals surface area contributed by atoms with Crippen LogP contribution in [0, 0.1) is 0 Å². The van der Waals surface area contributed by atoms with Crippen molar-refractivity contribution >= 4 is 23.3 Å². The van der Waals surface area contributed by atoms with E-state index in [0.29, 0.717) is 5.75 Å². The van der Waals surface area contributed by atoms with Gasteiger partial charge < -0.3 is 5.32 Å². The largest absolute Gasteiger partial charge is 0.471 e. The molecule has 0 saturated carbocycles. The van der Waals surface area contributed by atoms with Crippen LogP contribution in [0.3, 0.4) is 0 Å². The Morgan fingerprint density at radius 3 is 2.95 bits per heavy atom. The molecule has 1 N–H and O–H groups in total. The Kier molecular flexibility index (Phi) is 3.98. The van der Waals surface area contributed by atoms with Gasteiger partial charge in [0.1, 0.15) is 5.65 Å². The van der Waals surface area contributed by atoms with Gasteiger partial charge in [-0.15, -0.1) is 11.8 Å². The predicted octanol–water partition coefficient (Wildman–Crippen LogP) is 2.10. The van der Waals surface area contributed by atoms with Gasteiger partial charge in [0, 0.05) is 24.7 Å². The molecule has 19 heavy (non-hydrogen) atoms. The van der Waals surface area contributed by atoms with Crippen LogP contribution in [0.5, 0.6) is 0 Å². The lowest BCUT2D eigenvalue weighted by Crippen LogP contribution is -2.37. The second-order valence-corrected chi connectivity index (χ2v) is 4.74. The van der Waals surface area contributed by atoms with Gasteiger partial charge in [0.15, 0.2) is 0 Å². The number of pyridine rings is 1. The lowest BCUT2D eigenvalue weighted by atomic mass is 10.5. The quantitative estimate of drug-likeness (QED) is 0.692. The van der Waals surface area contributed by atoms with Crippen molar-refractivity contribution in [1.82, 2.24) is 14.7 Å². The number of thioether (sulfide) groups is 1. The van der Waals surface area contributed by atoms with Crippen molar-refractivity contribution in [3.63, 3.8) is 0 Å². The first-order valence-electron chi connectivity index (χ1n) is 5.38. The molecule has 0 aliphatic heterocycles. The number of carbonyl (C=O) groups excluding carboxylic acids is 1. The highest BCUT2D eigenvalue weighted by Gasteiger charge is 2.38. The minimum Gasteiger partial charge on any atom is -0.347 e. The Hall–Kier alpha value is -1.70. The summed E-state index contributed by atoms with van der Waals surface area (Å²) in [5, 5.41) is 2.68. The third-order valence-electron chi connectivity index (χ3n) is 2.29. The molecule has 8 heteroatoms. The first-order chi connectivity index (χ1) is 8.98. The van der Waals surface area contributed by atoms with Crippen molar-refractivity contribution in [2.45, 2.75) is 11.2 Å². The van der Waals surface area contributed by atoms with Crippen molar-refractivity contribution < 1.29 is 18.0 Å². The van der Waals surface area contributed by atoms with Crippen LogP contribution in [0.15, 0.2) is 35.6 Å². The molecule has 1 amide bonds. The Labute approximate surface area is 111 Å². The Balaban J connectivity index is 1.87. The molecule has 4 nitrogen and oxygen atoms in total. The first kappa shape index (κ1) is 13.7. The number of carbonyl (C=O) groups is 1. The number of rotatable bonds is 4. The van der Waals surface area contributed by atoms with E-state index in [0.717, 1.165) is 10.7 Å². The summed E-state index contributed by atoms with van der Waals surface area (Å²) in [5.41, 5.74) is 0.768. The second-order valence-electron chi connectivity index (χ2n) is 3.62. The van der Waals surface area contributed by atoms with Gasteiger partial charge in [-0.25, -0.2) is 4.98 Å². The maximum Gasteiger partial charge on any atom is 0.471 e. The zero-order valence-electron chi connectivity index (χ0n) is 9.65. The van der Waals surface area contributed by atoms with Crippen molar-refractivity contribution in [1.29, 1.82) is 0 Å². The number of amides is 1. The average Bonchev–Trinajstić information content (AvgIpc) is 2.81. The molecule has 0 bridgehead atoms. The summed E-state index contributed by atoms with van der Waals surface area (Å²) in [4.78, 5) is 14.7. The normalized spacial score (nSPS) is 11.7. The van der Waals surface area contributed by atoms with E-state index in [2.05, 4.69) is 4.98 Å². The SMILES string of the molecule is O=C(NCCSc1cccc2nccn12)C(F)(F)F. The van der Waals surface area contributed by atoms with E-state index in [1.165, 1.54) is 11.8 Å². The van der Waals surface area contributed by atoms with Crippen LogP contribution in [0.2, 0.25) is 0 Å². The van der Waals surface area contributed by atoms with Crippen LogP contribution in [-0.2, 0) is 4.79 Å². The number of fused-ring (bicyclic) bond motifs is 1. The van der Waals surface area contributed by atoms with Crippen molar-refractivity contribution in [3.05, 3.63) is 30.6 Å². The Morgan fingerprint density at radius 1 is 1.42 bits per heavy atom. The molecular formula is C11H10F3N3OS. The van der Waals surface area contributed by atoms with Gasteiger partial charge in [0.2, 0.25) is 0 Å². The molecule has 2 aromatic rings. The van der Waals surface area contributed by atoms with E-state index in [9.17, 15) is 18.0 Å². The average molecular weight is 289 g/mol. The van der Waals surface area contributed by atoms with Crippen LogP contribution >= 0.6 is 11.8 Å². The minimum atomic E-state index is -4.82. The van der Waals surface area contributed by atoms with Crippen molar-refractivity contribution in [3.8, 4) is 0 Å². The molecule has 0 atom stereocenters. The van der Waals surface area contributed by atoms with Crippen molar-refractivity contribution in [2.75, 3.05) is 12.3 Å². The fourth-order valence-corrected chi connectivity index (χ4v) is 2.34. The van der Waals surface area contributed by atoms with Crippen molar-refractivity contribution in [2.24, 2.45) is 0 Å². The van der Waals surface area contributed by atoms with E-state index in [-0.39, 0.29) is 6.54 Å². The fraction of sp³-hybridized carbons (Fsp3) is 0.273. The molecule has 0 fully saturated rings. The Bertz CT molecular complexity index is 582. The maximum absolute atomic E-state index is 11.9. The van der Waals surface area contributed by atoms with Crippen LogP contribution in [-0.4, -0.2) is 33.8 Å². The summed E-state index contributed by atoms with van der Waals surface area (Å²) in [6, 6.07) is 5.49. The van der Waals surface area contributed by atoms with E-state index >= 15 is 0 Å². The summed E-state index contributed by atoms with van der Waals surface area (Å²) in [5.74, 6) is -1.56. The van der Waals surface area contributed by atoms with Gasteiger partial charge in [-0.1, -0.05) is 6.07 Å². The molecule has 0 aliphatic rings. The number of hydrogen-bond donors (Lipinski definition) is 1. The number of imidazole rings is 1. The molecule has 0 unspecified atom stereocenters. The summed E-state index contributed by atoms with van der Waals surface area (Å²) < 4.78 is 37.6. The first-order valence-corrected chi connectivity index (χ1v) is 6.37. The maximum atomic E-state index is 11.9. The zero-order chi connectivity index (χ0) is 13.9. The third-order valence-corrected chi connectivity index (χ3v) is 3.32. The summed E-state index contributed by atoms with van der Waals surface area (Å²) in [7, 11) is 0. The van der Waals surface area contributed by atoms with Crippen LogP contribution in [0.4, 0.5) is 13.2 Å². The molecule has 102 valence electrons. The molecule has 2 rings (SSSR count). The fourth-order valence-electron chi connectivity index (χ4n) is 1.46. The standard InChI is InChI=1S/C11H10F3N3OS/c12-11(13,14)10(18)16-5-7-19-9-3-1-2-8-15-4-6-17(8)9/h1-4,6H,5,7H2,(H,16,18). The monoisotopic (exact) mass is 289 g/mol. The number of hydrogen-bond acceptors (Lipinski definition) is 3. The molecule has 0 spiro atoms. The van der Waals surface area contributed by atoms with Crippen LogP contribution < -0.4 is 5.32 Å². The third kappa shape index (κ3) is 3.40. The van der Waals surface area contributed by atoms with E-state index in [1.807, 2.05) is 27.9 Å². The van der Waals surface area contributed by atoms with E-state index in [4.69, 9.17) is 0 Å². The van der Waals surface area contributed by atoms with Crippen LogP contribution in [0.1, 0.15) is 0 Å². The number of aromatic nitrogens is 2. The second kappa shape index (κ2) is 5.52. The summed E-state index contributed by atoms with van der Waals surface area (Å²) >= 11 is 1.35. The Morgan fingerprint density at radius 2 is 2.21 bits per heavy atom. The number of halogens is 3. The summed E-state index contributed by atoms with van der Waals surface area (Å²) in [6.45, 7) is -0.0475. The molecule has 2 heterocycles. The summed E-state index contributed by atoms with van der Waals surface area (Å²) in [6.07, 6.45) is -1.41. The van der Waals surface area contributed by atoms with Gasteiger partial charge in [-0.05, 0) is 12.1 Å². The lowest BCUT2D eigenvalue weighted by molar-refractivity contribution is -0.173. The highest BCUT2D eigenvalue weighted by Crippen LogP contribution is 2.19. The van der Waals surface area contributed by atoms with Gasteiger partial charge >= 0.3 is 12.1 Å². The lowest BCUT2D eigenvalue weighted by Gasteiger charge is -2.08. The van der Waals surface area contributed by atoms with E-state index in [1.54, 1.807) is 12.4 Å². The van der Waals surface area contributed by atoms with Gasteiger partial charge in [-0.3, -0.25) is 9.20 Å². The molecule has 0 aromatic carbocycles. The van der Waals surface area contributed by atoms with E-state index < -0.39 is 12.1 Å². The molecular weight excluding hydrogens is 279 g/mol. The minimum absolute atomic E-state index is 0.0475. The topological polar surface area (TPSA) is 46.4 Å². The number of nitrogens with one attached hydrogen (secondary N) is 1. The predicted molar refractivity (Wildman–Crippen MR) is 65.0 cm³/mol. The molecule has 0 aliphatic carbocycles.